The van der Waals surface area contributed by atoms with E-state index < -0.39 is 34.4 Å². The molecule has 4 rings (SSSR count). The lowest BCUT2D eigenvalue weighted by atomic mass is 10.1. The van der Waals surface area contributed by atoms with Gasteiger partial charge in [0.25, 0.3) is 17.5 Å². The van der Waals surface area contributed by atoms with E-state index in [4.69, 9.17) is 4.74 Å². The molecule has 0 saturated carbocycles. The zero-order chi connectivity index (χ0) is 22.3. The molecule has 31 heavy (non-hydrogen) atoms. The minimum Gasteiger partial charge on any atom is -0.458 e. The van der Waals surface area contributed by atoms with Crippen LogP contribution in [0.2, 0.25) is 0 Å². The summed E-state index contributed by atoms with van der Waals surface area (Å²) in [6.45, 7) is 2.86. The van der Waals surface area contributed by atoms with Crippen molar-refractivity contribution in [2.75, 3.05) is 0 Å². The van der Waals surface area contributed by atoms with Crippen molar-refractivity contribution in [1.82, 2.24) is 14.9 Å². The van der Waals surface area contributed by atoms with Crippen LogP contribution in [0.25, 0.3) is 11.0 Å². The van der Waals surface area contributed by atoms with E-state index in [1.807, 2.05) is 18.2 Å². The average Bonchev–Trinajstić information content (AvgIpc) is 3.01. The number of carbonyl (C=O) groups excluding carboxylic acids is 3. The van der Waals surface area contributed by atoms with Crippen LogP contribution in [0.1, 0.15) is 39.0 Å². The summed E-state index contributed by atoms with van der Waals surface area (Å²) in [6, 6.07) is 9.73. The lowest BCUT2D eigenvalue weighted by Crippen LogP contribution is -2.43. The highest BCUT2D eigenvalue weighted by molar-refractivity contribution is 6.24. The fourth-order valence-electron chi connectivity index (χ4n) is 3.42. The number of amides is 2. The number of aryl methyl sites for hydroxylation is 1. The largest absolute Gasteiger partial charge is 0.458 e. The van der Waals surface area contributed by atoms with Crippen molar-refractivity contribution in [1.29, 1.82) is 0 Å². The number of nitro groups is 1. The molecule has 2 aromatic carbocycles. The summed E-state index contributed by atoms with van der Waals surface area (Å²) in [5, 5.41) is 11.2. The highest BCUT2D eigenvalue weighted by Gasteiger charge is 2.45. The highest BCUT2D eigenvalue weighted by Crippen LogP contribution is 2.32. The number of benzene rings is 2. The minimum atomic E-state index is -1.28. The fraction of sp³-hybridized carbons (Fsp3) is 0.190. The number of carbonyl (C=O) groups is 3. The Hall–Kier alpha value is -4.21. The maximum Gasteiger partial charge on any atom is 0.329 e. The van der Waals surface area contributed by atoms with Crippen molar-refractivity contribution in [3.63, 3.8) is 0 Å². The number of nitro benzene ring substituents is 1. The van der Waals surface area contributed by atoms with Crippen LogP contribution >= 0.6 is 0 Å². The zero-order valence-corrected chi connectivity index (χ0v) is 16.6. The molecule has 3 aromatic rings. The Balaban J connectivity index is 1.53. The van der Waals surface area contributed by atoms with E-state index in [1.54, 1.807) is 13.0 Å². The van der Waals surface area contributed by atoms with E-state index in [2.05, 4.69) is 9.97 Å². The smallest absolute Gasteiger partial charge is 0.329 e. The van der Waals surface area contributed by atoms with Gasteiger partial charge >= 0.3 is 5.97 Å². The molecule has 1 aliphatic rings. The van der Waals surface area contributed by atoms with Gasteiger partial charge in [-0.1, -0.05) is 18.2 Å². The van der Waals surface area contributed by atoms with Crippen LogP contribution in [0, 0.1) is 17.0 Å². The molecule has 0 bridgehead atoms. The Morgan fingerprint density at radius 1 is 1.10 bits per heavy atom. The molecule has 0 radical (unpaired) electrons. The van der Waals surface area contributed by atoms with Crippen LogP contribution in [-0.2, 0) is 16.1 Å². The number of hydrogen-bond donors (Lipinski definition) is 0. The van der Waals surface area contributed by atoms with Crippen molar-refractivity contribution in [3.05, 3.63) is 75.1 Å². The molecule has 1 aromatic heterocycles. The summed E-state index contributed by atoms with van der Waals surface area (Å²) in [5.74, 6) is -2.53. The van der Waals surface area contributed by atoms with Crippen LogP contribution < -0.4 is 0 Å². The number of ether oxygens (including phenoxy) is 1. The van der Waals surface area contributed by atoms with Crippen molar-refractivity contribution in [2.45, 2.75) is 26.5 Å². The Kier molecular flexibility index (Phi) is 4.90. The third-order valence-corrected chi connectivity index (χ3v) is 5.04. The van der Waals surface area contributed by atoms with Gasteiger partial charge in [-0.3, -0.25) is 24.6 Å². The quantitative estimate of drug-likeness (QED) is 0.266. The summed E-state index contributed by atoms with van der Waals surface area (Å²) in [6.07, 6.45) is 0. The standard InChI is InChI=1S/C21H16N4O6/c1-11-16(23-15-8-4-3-7-14(15)22-11)10-31-21(28)12(2)24-19(26)13-6-5-9-17(25(29)30)18(13)20(24)27/h3-9,12H,10H2,1-2H3/t12-/m1/s1. The zero-order valence-electron chi connectivity index (χ0n) is 16.6. The van der Waals surface area contributed by atoms with Crippen molar-refractivity contribution < 1.29 is 24.0 Å². The summed E-state index contributed by atoms with van der Waals surface area (Å²) < 4.78 is 5.28. The molecule has 2 heterocycles. The second kappa shape index (κ2) is 7.56. The first-order valence-corrected chi connectivity index (χ1v) is 9.33. The molecule has 0 N–H and O–H groups in total. The van der Waals surface area contributed by atoms with Gasteiger partial charge in [0.1, 0.15) is 18.2 Å². The van der Waals surface area contributed by atoms with Crippen LogP contribution in [-0.4, -0.2) is 43.6 Å². The second-order valence-electron chi connectivity index (χ2n) is 6.97. The maximum atomic E-state index is 12.7. The van der Waals surface area contributed by atoms with E-state index in [1.165, 1.54) is 19.1 Å². The number of aromatic nitrogens is 2. The Labute approximate surface area is 175 Å². The predicted octanol–water partition coefficient (Wildman–Crippen LogP) is 2.57. The monoisotopic (exact) mass is 420 g/mol. The number of fused-ring (bicyclic) bond motifs is 2. The normalized spacial score (nSPS) is 13.9. The van der Waals surface area contributed by atoms with E-state index in [0.717, 1.165) is 6.07 Å². The summed E-state index contributed by atoms with van der Waals surface area (Å²) >= 11 is 0. The lowest BCUT2D eigenvalue weighted by molar-refractivity contribution is -0.385. The SMILES string of the molecule is Cc1nc2ccccc2nc1COC(=O)[C@@H](C)N1C(=O)c2cccc([N+](=O)[O-])c2C1=O. The predicted molar refractivity (Wildman–Crippen MR) is 107 cm³/mol. The third-order valence-electron chi connectivity index (χ3n) is 5.04. The molecular weight excluding hydrogens is 404 g/mol. The molecular formula is C21H16N4O6. The van der Waals surface area contributed by atoms with E-state index >= 15 is 0 Å². The van der Waals surface area contributed by atoms with Crippen LogP contribution in [0.3, 0.4) is 0 Å². The van der Waals surface area contributed by atoms with Gasteiger partial charge in [0, 0.05) is 6.07 Å². The number of nitrogens with zero attached hydrogens (tertiary/aromatic N) is 4. The fourth-order valence-corrected chi connectivity index (χ4v) is 3.42. The summed E-state index contributed by atoms with van der Waals surface area (Å²) in [5.41, 5.74) is 1.44. The first kappa shape index (κ1) is 20.1. The van der Waals surface area contributed by atoms with Gasteiger partial charge in [0.15, 0.2) is 0 Å². The molecule has 0 saturated heterocycles. The molecule has 1 atom stereocenters. The number of para-hydroxylation sites is 2. The van der Waals surface area contributed by atoms with Crippen LogP contribution in [0.5, 0.6) is 0 Å². The van der Waals surface area contributed by atoms with E-state index in [-0.39, 0.29) is 17.7 Å². The summed E-state index contributed by atoms with van der Waals surface area (Å²) in [4.78, 5) is 58.0. The third kappa shape index (κ3) is 3.37. The van der Waals surface area contributed by atoms with Crippen molar-refractivity contribution >= 4 is 34.5 Å². The van der Waals surface area contributed by atoms with Gasteiger partial charge in [0.05, 0.1) is 32.9 Å². The molecule has 0 aliphatic carbocycles. The molecule has 0 spiro atoms. The van der Waals surface area contributed by atoms with Crippen molar-refractivity contribution in [2.24, 2.45) is 0 Å². The summed E-state index contributed by atoms with van der Waals surface area (Å²) in [7, 11) is 0. The van der Waals surface area contributed by atoms with Crippen LogP contribution in [0.4, 0.5) is 5.69 Å². The van der Waals surface area contributed by atoms with Gasteiger partial charge in [-0.05, 0) is 32.0 Å². The minimum absolute atomic E-state index is 0.116. The highest BCUT2D eigenvalue weighted by atomic mass is 16.6. The van der Waals surface area contributed by atoms with Crippen molar-refractivity contribution in [3.8, 4) is 0 Å². The second-order valence-corrected chi connectivity index (χ2v) is 6.97. The Morgan fingerprint density at radius 2 is 1.77 bits per heavy atom. The number of hydrogen-bond acceptors (Lipinski definition) is 8. The molecule has 156 valence electrons. The molecule has 2 amide bonds. The van der Waals surface area contributed by atoms with Crippen LogP contribution in [0.15, 0.2) is 42.5 Å². The molecule has 10 heteroatoms. The molecule has 10 nitrogen and oxygen atoms in total. The molecule has 0 fully saturated rings. The number of esters is 1. The molecule has 0 unspecified atom stereocenters. The Morgan fingerprint density at radius 3 is 2.45 bits per heavy atom. The number of rotatable bonds is 5. The molecule has 1 aliphatic heterocycles. The van der Waals surface area contributed by atoms with E-state index in [0.29, 0.717) is 27.3 Å². The number of imide groups is 1. The van der Waals surface area contributed by atoms with Gasteiger partial charge in [-0.15, -0.1) is 0 Å². The Bertz CT molecular complexity index is 1270. The topological polar surface area (TPSA) is 133 Å². The first-order valence-electron chi connectivity index (χ1n) is 9.33. The van der Waals surface area contributed by atoms with E-state index in [9.17, 15) is 24.5 Å². The van der Waals surface area contributed by atoms with Gasteiger partial charge < -0.3 is 4.74 Å². The average molecular weight is 420 g/mol. The maximum absolute atomic E-state index is 12.7. The van der Waals surface area contributed by atoms with Gasteiger partial charge in [0.2, 0.25) is 0 Å². The van der Waals surface area contributed by atoms with Gasteiger partial charge in [-0.25, -0.2) is 14.8 Å². The first-order chi connectivity index (χ1) is 14.8. The lowest BCUT2D eigenvalue weighted by Gasteiger charge is -2.20. The van der Waals surface area contributed by atoms with Gasteiger partial charge in [-0.2, -0.15) is 0 Å².